The first-order valence-electron chi connectivity index (χ1n) is 6.84. The Labute approximate surface area is 123 Å². The van der Waals surface area contributed by atoms with Crippen molar-refractivity contribution in [1.82, 2.24) is 0 Å². The Kier molecular flexibility index (Phi) is 4.95. The third kappa shape index (κ3) is 3.61. The average molecular weight is 286 g/mol. The van der Waals surface area contributed by atoms with Crippen LogP contribution < -0.4 is 4.74 Å². The molecule has 0 fully saturated rings. The topological polar surface area (TPSA) is 66.8 Å². The van der Waals surface area contributed by atoms with Crippen molar-refractivity contribution in [1.29, 1.82) is 0 Å². The summed E-state index contributed by atoms with van der Waals surface area (Å²) in [6.45, 7) is 1.69. The molecule has 0 aliphatic heterocycles. The van der Waals surface area contributed by atoms with Crippen LogP contribution in [-0.4, -0.2) is 22.3 Å². The lowest BCUT2D eigenvalue weighted by Crippen LogP contribution is -2.26. The van der Waals surface area contributed by atoms with Gasteiger partial charge in [-0.3, -0.25) is 0 Å². The molecule has 2 aromatic rings. The Morgan fingerprint density at radius 3 is 2.48 bits per heavy atom. The van der Waals surface area contributed by atoms with Crippen LogP contribution in [0, 0.1) is 0 Å². The Morgan fingerprint density at radius 2 is 1.90 bits per heavy atom. The number of ether oxygens (including phenoxy) is 1. The maximum Gasteiger partial charge on any atom is 0.344 e. The van der Waals surface area contributed by atoms with Gasteiger partial charge in [-0.15, -0.1) is 0 Å². The van der Waals surface area contributed by atoms with Gasteiger partial charge < -0.3 is 14.9 Å². The molecule has 0 heterocycles. The van der Waals surface area contributed by atoms with Crippen molar-refractivity contribution in [3.63, 3.8) is 0 Å². The van der Waals surface area contributed by atoms with Crippen LogP contribution in [0.1, 0.15) is 18.9 Å². The van der Waals surface area contributed by atoms with Gasteiger partial charge in [0.15, 0.2) is 6.10 Å². The van der Waals surface area contributed by atoms with E-state index in [0.717, 1.165) is 16.7 Å². The van der Waals surface area contributed by atoms with E-state index in [4.69, 9.17) is 9.84 Å². The van der Waals surface area contributed by atoms with Crippen molar-refractivity contribution < 1.29 is 19.7 Å². The van der Waals surface area contributed by atoms with Crippen LogP contribution in [0.5, 0.6) is 5.75 Å². The van der Waals surface area contributed by atoms with Crippen LogP contribution in [0.25, 0.3) is 11.1 Å². The minimum atomic E-state index is -0.984. The molecular weight excluding hydrogens is 268 g/mol. The van der Waals surface area contributed by atoms with E-state index in [9.17, 15) is 9.90 Å². The van der Waals surface area contributed by atoms with Crippen molar-refractivity contribution >= 4 is 5.97 Å². The fourth-order valence-corrected chi connectivity index (χ4v) is 2.08. The predicted molar refractivity (Wildman–Crippen MR) is 80.1 cm³/mol. The molecule has 2 aromatic carbocycles. The molecule has 1 atom stereocenters. The molecule has 2 rings (SSSR count). The largest absolute Gasteiger partial charge is 0.479 e. The molecular formula is C17H18O4. The summed E-state index contributed by atoms with van der Waals surface area (Å²) < 4.78 is 5.63. The summed E-state index contributed by atoms with van der Waals surface area (Å²) in [4.78, 5) is 11.1. The molecule has 0 aromatic heterocycles. The Bertz CT molecular complexity index is 607. The van der Waals surface area contributed by atoms with Gasteiger partial charge in [0.2, 0.25) is 0 Å². The summed E-state index contributed by atoms with van der Waals surface area (Å²) in [6, 6.07) is 14.8. The summed E-state index contributed by atoms with van der Waals surface area (Å²) in [5.41, 5.74) is 2.45. The van der Waals surface area contributed by atoms with Gasteiger partial charge in [0.1, 0.15) is 5.75 Å². The fourth-order valence-electron chi connectivity index (χ4n) is 2.08. The second-order valence-corrected chi connectivity index (χ2v) is 4.71. The predicted octanol–water partition coefficient (Wildman–Crippen LogP) is 3.09. The highest BCUT2D eigenvalue weighted by Crippen LogP contribution is 2.32. The molecule has 0 radical (unpaired) electrons. The number of hydrogen-bond donors (Lipinski definition) is 2. The number of carbonyl (C=O) groups is 1. The molecule has 0 spiro atoms. The van der Waals surface area contributed by atoms with Gasteiger partial charge in [-0.2, -0.15) is 0 Å². The zero-order chi connectivity index (χ0) is 15.2. The van der Waals surface area contributed by atoms with E-state index in [2.05, 4.69) is 0 Å². The van der Waals surface area contributed by atoms with Gasteiger partial charge in [0, 0.05) is 5.56 Å². The fraction of sp³-hybridized carbons (Fsp3) is 0.235. The highest BCUT2D eigenvalue weighted by molar-refractivity contribution is 5.75. The van der Waals surface area contributed by atoms with Crippen molar-refractivity contribution in [2.75, 3.05) is 0 Å². The van der Waals surface area contributed by atoms with E-state index in [1.807, 2.05) is 36.4 Å². The van der Waals surface area contributed by atoms with Crippen LogP contribution in [-0.2, 0) is 11.4 Å². The molecule has 0 saturated carbocycles. The third-order valence-electron chi connectivity index (χ3n) is 3.23. The molecule has 0 saturated heterocycles. The van der Waals surface area contributed by atoms with Crippen LogP contribution >= 0.6 is 0 Å². The maximum atomic E-state index is 11.1. The number of benzene rings is 2. The van der Waals surface area contributed by atoms with E-state index < -0.39 is 12.1 Å². The number of hydrogen-bond acceptors (Lipinski definition) is 3. The van der Waals surface area contributed by atoms with Gasteiger partial charge >= 0.3 is 5.97 Å². The van der Waals surface area contributed by atoms with Crippen molar-refractivity contribution in [2.24, 2.45) is 0 Å². The quantitative estimate of drug-likeness (QED) is 0.856. The third-order valence-corrected chi connectivity index (χ3v) is 3.23. The number of aliphatic carboxylic acids is 1. The zero-order valence-electron chi connectivity index (χ0n) is 11.8. The Hall–Kier alpha value is -2.33. The second-order valence-electron chi connectivity index (χ2n) is 4.71. The van der Waals surface area contributed by atoms with E-state index in [1.165, 1.54) is 0 Å². The molecule has 0 aliphatic carbocycles. The van der Waals surface area contributed by atoms with E-state index >= 15 is 0 Å². The normalized spacial score (nSPS) is 11.9. The van der Waals surface area contributed by atoms with E-state index in [1.54, 1.807) is 19.1 Å². The van der Waals surface area contributed by atoms with E-state index in [-0.39, 0.29) is 6.61 Å². The molecule has 2 N–H and O–H groups in total. The summed E-state index contributed by atoms with van der Waals surface area (Å²) in [5.74, 6) is -0.476. The van der Waals surface area contributed by atoms with E-state index in [0.29, 0.717) is 12.2 Å². The van der Waals surface area contributed by atoms with Gasteiger partial charge in [-0.1, -0.05) is 43.3 Å². The number of rotatable bonds is 6. The number of carboxylic acids is 1. The first-order chi connectivity index (χ1) is 10.2. The average Bonchev–Trinajstić information content (AvgIpc) is 2.53. The molecule has 0 amide bonds. The summed E-state index contributed by atoms with van der Waals surface area (Å²) >= 11 is 0. The molecule has 21 heavy (non-hydrogen) atoms. The monoisotopic (exact) mass is 286 g/mol. The van der Waals surface area contributed by atoms with Crippen LogP contribution in [0.3, 0.4) is 0 Å². The van der Waals surface area contributed by atoms with Crippen LogP contribution in [0.15, 0.2) is 48.5 Å². The first kappa shape index (κ1) is 15.1. The highest BCUT2D eigenvalue weighted by Gasteiger charge is 2.19. The smallest absolute Gasteiger partial charge is 0.344 e. The molecule has 4 nitrogen and oxygen atoms in total. The minimum absolute atomic E-state index is 0.0732. The molecule has 1 unspecified atom stereocenters. The second kappa shape index (κ2) is 6.90. The summed E-state index contributed by atoms with van der Waals surface area (Å²) in [7, 11) is 0. The van der Waals surface area contributed by atoms with Gasteiger partial charge in [0.05, 0.1) is 6.61 Å². The SMILES string of the molecule is CCC(Oc1ccc(CO)cc1-c1ccccc1)C(=O)O. The summed E-state index contributed by atoms with van der Waals surface area (Å²) in [6.07, 6.45) is -0.502. The maximum absolute atomic E-state index is 11.1. The van der Waals surface area contributed by atoms with Gasteiger partial charge in [-0.05, 0) is 29.7 Å². The lowest BCUT2D eigenvalue weighted by molar-refractivity contribution is -0.145. The van der Waals surface area contributed by atoms with Gasteiger partial charge in [-0.25, -0.2) is 4.79 Å². The highest BCUT2D eigenvalue weighted by atomic mass is 16.5. The lowest BCUT2D eigenvalue weighted by Gasteiger charge is -2.17. The van der Waals surface area contributed by atoms with Crippen molar-refractivity contribution in [3.05, 3.63) is 54.1 Å². The zero-order valence-corrected chi connectivity index (χ0v) is 11.8. The first-order valence-corrected chi connectivity index (χ1v) is 6.84. The van der Waals surface area contributed by atoms with Crippen molar-refractivity contribution in [2.45, 2.75) is 26.1 Å². The Morgan fingerprint density at radius 1 is 1.19 bits per heavy atom. The standard InChI is InChI=1S/C17H18O4/c1-2-15(17(19)20)21-16-9-8-12(11-18)10-14(16)13-6-4-3-5-7-13/h3-10,15,18H,2,11H2,1H3,(H,19,20). The lowest BCUT2D eigenvalue weighted by atomic mass is 10.0. The van der Waals surface area contributed by atoms with Crippen LogP contribution in [0.4, 0.5) is 0 Å². The number of carboxylic acid groups (broad SMARTS) is 1. The minimum Gasteiger partial charge on any atom is -0.479 e. The number of aliphatic hydroxyl groups is 1. The number of aliphatic hydroxyl groups excluding tert-OH is 1. The molecule has 4 heteroatoms. The molecule has 110 valence electrons. The molecule has 0 aliphatic rings. The Balaban J connectivity index is 2.43. The summed E-state index contributed by atoms with van der Waals surface area (Å²) in [5, 5.41) is 18.4. The van der Waals surface area contributed by atoms with Gasteiger partial charge in [0.25, 0.3) is 0 Å². The van der Waals surface area contributed by atoms with Crippen molar-refractivity contribution in [3.8, 4) is 16.9 Å². The van der Waals surface area contributed by atoms with Crippen LogP contribution in [0.2, 0.25) is 0 Å². The molecule has 0 bridgehead atoms.